The van der Waals surface area contributed by atoms with Crippen molar-refractivity contribution < 1.29 is 18.7 Å². The van der Waals surface area contributed by atoms with Crippen LogP contribution in [-0.4, -0.2) is 25.9 Å². The lowest BCUT2D eigenvalue weighted by atomic mass is 10.2. The van der Waals surface area contributed by atoms with Gasteiger partial charge in [-0.1, -0.05) is 0 Å². The van der Waals surface area contributed by atoms with Crippen LogP contribution in [0.4, 0.5) is 10.1 Å². The molecule has 0 bridgehead atoms. The molecule has 0 radical (unpaired) electrons. The number of hydrogen-bond donors (Lipinski definition) is 1. The van der Waals surface area contributed by atoms with Crippen molar-refractivity contribution in [2.24, 2.45) is 0 Å². The van der Waals surface area contributed by atoms with Gasteiger partial charge in [0.05, 0.1) is 19.2 Å². The van der Waals surface area contributed by atoms with Crippen molar-refractivity contribution in [2.45, 2.75) is 0 Å². The summed E-state index contributed by atoms with van der Waals surface area (Å²) in [6, 6.07) is 3.87. The molecule has 0 aliphatic heterocycles. The van der Waals surface area contributed by atoms with E-state index in [0.29, 0.717) is 12.0 Å². The molecule has 1 N–H and O–H groups in total. The van der Waals surface area contributed by atoms with Crippen LogP contribution in [0.15, 0.2) is 18.2 Å². The minimum Gasteiger partial charge on any atom is -0.465 e. The molecule has 0 aliphatic carbocycles. The lowest BCUT2D eigenvalue weighted by Gasteiger charge is -2.05. The number of rotatable bonds is 4. The molecule has 1 rings (SSSR count). The Morgan fingerprint density at radius 3 is 2.93 bits per heavy atom. The number of carbonyl (C=O) groups excluding carboxylic acids is 2. The number of aldehydes is 1. The molecule has 1 aromatic rings. The second-order valence-electron chi connectivity index (χ2n) is 2.73. The first kappa shape index (κ1) is 11.2. The summed E-state index contributed by atoms with van der Waals surface area (Å²) in [6.07, 6.45) is 0.668. The summed E-state index contributed by atoms with van der Waals surface area (Å²) in [5.74, 6) is -1.40. The maximum atomic E-state index is 13.1. The van der Waals surface area contributed by atoms with Gasteiger partial charge in [-0.2, -0.15) is 0 Å². The third kappa shape index (κ3) is 2.77. The standard InChI is InChI=1S/C10H10FNO3/c1-15-10(14)8-6-7(12-4-5-13)2-3-9(8)11/h2-3,5-6,12H,4H2,1H3. The smallest absolute Gasteiger partial charge is 0.340 e. The summed E-state index contributed by atoms with van der Waals surface area (Å²) in [7, 11) is 1.17. The summed E-state index contributed by atoms with van der Waals surface area (Å²) < 4.78 is 17.5. The van der Waals surface area contributed by atoms with Crippen LogP contribution in [0.25, 0.3) is 0 Å². The fourth-order valence-corrected chi connectivity index (χ4v) is 1.06. The third-order valence-corrected chi connectivity index (χ3v) is 1.76. The third-order valence-electron chi connectivity index (χ3n) is 1.76. The van der Waals surface area contributed by atoms with Gasteiger partial charge >= 0.3 is 5.97 Å². The molecule has 0 fully saturated rings. The van der Waals surface area contributed by atoms with E-state index < -0.39 is 11.8 Å². The van der Waals surface area contributed by atoms with Gasteiger partial charge in [-0.15, -0.1) is 0 Å². The molecule has 0 aliphatic rings. The highest BCUT2D eigenvalue weighted by Crippen LogP contribution is 2.15. The zero-order valence-corrected chi connectivity index (χ0v) is 8.12. The van der Waals surface area contributed by atoms with Crippen molar-refractivity contribution in [3.05, 3.63) is 29.6 Å². The summed E-state index contributed by atoms with van der Waals surface area (Å²) in [5.41, 5.74) is 0.331. The summed E-state index contributed by atoms with van der Waals surface area (Å²) >= 11 is 0. The van der Waals surface area contributed by atoms with Crippen molar-refractivity contribution in [2.75, 3.05) is 19.0 Å². The van der Waals surface area contributed by atoms with Gasteiger partial charge in [0, 0.05) is 5.69 Å². The highest BCUT2D eigenvalue weighted by atomic mass is 19.1. The lowest BCUT2D eigenvalue weighted by Crippen LogP contribution is -2.07. The van der Waals surface area contributed by atoms with Gasteiger partial charge in [-0.3, -0.25) is 0 Å². The van der Waals surface area contributed by atoms with Crippen LogP contribution in [0.5, 0.6) is 0 Å². The summed E-state index contributed by atoms with van der Waals surface area (Å²) in [4.78, 5) is 21.2. The molecule has 0 saturated heterocycles. The predicted octanol–water partition coefficient (Wildman–Crippen LogP) is 1.22. The van der Waals surface area contributed by atoms with Crippen LogP contribution in [0.1, 0.15) is 10.4 Å². The maximum Gasteiger partial charge on any atom is 0.340 e. The monoisotopic (exact) mass is 211 g/mol. The first-order valence-corrected chi connectivity index (χ1v) is 4.24. The number of ether oxygens (including phenoxy) is 1. The SMILES string of the molecule is COC(=O)c1cc(NCC=O)ccc1F. The minimum absolute atomic E-state index is 0.103. The van der Waals surface area contributed by atoms with E-state index in [1.54, 1.807) is 0 Å². The van der Waals surface area contributed by atoms with E-state index in [4.69, 9.17) is 0 Å². The molecule has 1 aromatic carbocycles. The van der Waals surface area contributed by atoms with Crippen molar-refractivity contribution >= 4 is 17.9 Å². The van der Waals surface area contributed by atoms with Gasteiger partial charge in [0.1, 0.15) is 12.1 Å². The van der Waals surface area contributed by atoms with Gasteiger partial charge in [-0.05, 0) is 18.2 Å². The Labute approximate surface area is 86.0 Å². The fraction of sp³-hybridized carbons (Fsp3) is 0.200. The Morgan fingerprint density at radius 2 is 2.33 bits per heavy atom. The average molecular weight is 211 g/mol. The van der Waals surface area contributed by atoms with E-state index in [-0.39, 0.29) is 12.1 Å². The van der Waals surface area contributed by atoms with Gasteiger partial charge in [0.15, 0.2) is 0 Å². The van der Waals surface area contributed by atoms with Crippen LogP contribution < -0.4 is 5.32 Å². The van der Waals surface area contributed by atoms with Gasteiger partial charge < -0.3 is 14.8 Å². The number of esters is 1. The predicted molar refractivity (Wildman–Crippen MR) is 52.3 cm³/mol. The topological polar surface area (TPSA) is 55.4 Å². The Hall–Kier alpha value is -1.91. The van der Waals surface area contributed by atoms with Crippen LogP contribution in [-0.2, 0) is 9.53 Å². The molecule has 0 aromatic heterocycles. The lowest BCUT2D eigenvalue weighted by molar-refractivity contribution is -0.106. The summed E-state index contributed by atoms with van der Waals surface area (Å²) in [6.45, 7) is 0.103. The Kier molecular flexibility index (Phi) is 3.79. The zero-order valence-electron chi connectivity index (χ0n) is 8.12. The molecule has 0 amide bonds. The first-order valence-electron chi connectivity index (χ1n) is 4.24. The molecule has 0 heterocycles. The van der Waals surface area contributed by atoms with Gasteiger partial charge in [-0.25, -0.2) is 9.18 Å². The molecule has 4 nitrogen and oxygen atoms in total. The maximum absolute atomic E-state index is 13.1. The molecule has 5 heteroatoms. The number of carbonyl (C=O) groups is 2. The molecule has 0 saturated carbocycles. The second kappa shape index (κ2) is 5.09. The fourth-order valence-electron chi connectivity index (χ4n) is 1.06. The summed E-state index contributed by atoms with van der Waals surface area (Å²) in [5, 5.41) is 2.70. The number of halogens is 1. The van der Waals surface area contributed by atoms with Crippen molar-refractivity contribution in [3.8, 4) is 0 Å². The van der Waals surface area contributed by atoms with E-state index in [2.05, 4.69) is 10.1 Å². The number of nitrogens with one attached hydrogen (secondary N) is 1. The normalized spacial score (nSPS) is 9.47. The molecule has 0 spiro atoms. The van der Waals surface area contributed by atoms with E-state index in [1.165, 1.54) is 19.2 Å². The van der Waals surface area contributed by atoms with Crippen LogP contribution in [0, 0.1) is 5.82 Å². The molecular weight excluding hydrogens is 201 g/mol. The molecule has 80 valence electrons. The van der Waals surface area contributed by atoms with Crippen molar-refractivity contribution in [1.82, 2.24) is 0 Å². The molecule has 0 unspecified atom stereocenters. The minimum atomic E-state index is -0.748. The van der Waals surface area contributed by atoms with Gasteiger partial charge in [0.2, 0.25) is 0 Å². The Bertz CT molecular complexity index is 379. The molecule has 0 atom stereocenters. The quantitative estimate of drug-likeness (QED) is 0.601. The second-order valence-corrected chi connectivity index (χ2v) is 2.73. The highest BCUT2D eigenvalue weighted by Gasteiger charge is 2.12. The van der Waals surface area contributed by atoms with Crippen LogP contribution in [0.2, 0.25) is 0 Å². The zero-order chi connectivity index (χ0) is 11.3. The Balaban J connectivity index is 2.94. The molecule has 15 heavy (non-hydrogen) atoms. The van der Waals surface area contributed by atoms with E-state index >= 15 is 0 Å². The number of hydrogen-bond acceptors (Lipinski definition) is 4. The largest absolute Gasteiger partial charge is 0.465 e. The van der Waals surface area contributed by atoms with Crippen LogP contribution >= 0.6 is 0 Å². The first-order chi connectivity index (χ1) is 7.19. The van der Waals surface area contributed by atoms with E-state index in [1.807, 2.05) is 0 Å². The van der Waals surface area contributed by atoms with Crippen molar-refractivity contribution in [3.63, 3.8) is 0 Å². The van der Waals surface area contributed by atoms with Gasteiger partial charge in [0.25, 0.3) is 0 Å². The Morgan fingerprint density at radius 1 is 1.60 bits per heavy atom. The number of benzene rings is 1. The van der Waals surface area contributed by atoms with Crippen molar-refractivity contribution in [1.29, 1.82) is 0 Å². The van der Waals surface area contributed by atoms with E-state index in [9.17, 15) is 14.0 Å². The number of methoxy groups -OCH3 is 1. The average Bonchev–Trinajstić information content (AvgIpc) is 2.27. The highest BCUT2D eigenvalue weighted by molar-refractivity contribution is 5.90. The van der Waals surface area contributed by atoms with E-state index in [0.717, 1.165) is 6.07 Å². The molecular formula is C10H10FNO3. The van der Waals surface area contributed by atoms with Crippen LogP contribution in [0.3, 0.4) is 0 Å². The number of anilines is 1.